The van der Waals surface area contributed by atoms with E-state index in [-0.39, 0.29) is 11.9 Å². The minimum Gasteiger partial charge on any atom is -0.399 e. The molecule has 0 spiro atoms. The van der Waals surface area contributed by atoms with E-state index in [1.54, 1.807) is 6.07 Å². The highest BCUT2D eigenvalue weighted by molar-refractivity contribution is 5.99. The molecule has 1 saturated heterocycles. The lowest BCUT2D eigenvalue weighted by molar-refractivity contribution is 0.0711. The molecule has 1 amide bonds. The normalized spacial score (nSPS) is 22.4. The van der Waals surface area contributed by atoms with Crippen LogP contribution in [0, 0.1) is 0 Å². The van der Waals surface area contributed by atoms with Gasteiger partial charge >= 0.3 is 0 Å². The van der Waals surface area contributed by atoms with E-state index in [0.717, 1.165) is 35.4 Å². The third-order valence-electron chi connectivity index (χ3n) is 3.80. The Hall–Kier alpha value is -2.23. The highest BCUT2D eigenvalue weighted by atomic mass is 16.2. The van der Waals surface area contributed by atoms with E-state index >= 15 is 0 Å². The number of amides is 1. The van der Waals surface area contributed by atoms with Gasteiger partial charge in [-0.25, -0.2) is 0 Å². The van der Waals surface area contributed by atoms with Crippen LogP contribution in [0.2, 0.25) is 0 Å². The van der Waals surface area contributed by atoms with E-state index in [4.69, 9.17) is 5.73 Å². The molecule has 1 unspecified atom stereocenters. The summed E-state index contributed by atoms with van der Waals surface area (Å²) in [5, 5.41) is 3.16. The smallest absolute Gasteiger partial charge is 0.255 e. The number of hydrogen-bond acceptors (Lipinski definition) is 3. The van der Waals surface area contributed by atoms with Crippen molar-refractivity contribution in [2.24, 2.45) is 0 Å². The summed E-state index contributed by atoms with van der Waals surface area (Å²) in [5.41, 5.74) is 10.0. The summed E-state index contributed by atoms with van der Waals surface area (Å²) in [6.45, 7) is 8.53. The van der Waals surface area contributed by atoms with Crippen molar-refractivity contribution < 1.29 is 4.79 Å². The van der Waals surface area contributed by atoms with Gasteiger partial charge in [-0.15, -0.1) is 0 Å². The fourth-order valence-electron chi connectivity index (χ4n) is 2.82. The number of carbonyl (C=O) groups is 1. The van der Waals surface area contributed by atoms with Crippen LogP contribution in [0.15, 0.2) is 42.8 Å². The molecular weight excluding hydrogens is 238 g/mol. The van der Waals surface area contributed by atoms with Crippen LogP contribution in [0.4, 0.5) is 5.69 Å². The average Bonchev–Trinajstić information content (AvgIpc) is 2.66. The first-order valence-electron chi connectivity index (χ1n) is 6.39. The Bertz CT molecular complexity index is 591. The van der Waals surface area contributed by atoms with Gasteiger partial charge in [0.25, 0.3) is 5.91 Å². The lowest BCUT2D eigenvalue weighted by atomic mass is 10.0. The van der Waals surface area contributed by atoms with Crippen LogP contribution in [0.3, 0.4) is 0 Å². The number of rotatable bonds is 1. The number of nitrogens with one attached hydrogen (secondary N) is 1. The summed E-state index contributed by atoms with van der Waals surface area (Å²) < 4.78 is 0. The van der Waals surface area contributed by atoms with Gasteiger partial charge in [-0.3, -0.25) is 4.79 Å². The zero-order valence-corrected chi connectivity index (χ0v) is 10.8. The van der Waals surface area contributed by atoms with Gasteiger partial charge in [-0.2, -0.15) is 0 Å². The Morgan fingerprint density at radius 2 is 2.16 bits per heavy atom. The number of piperidine rings is 1. The summed E-state index contributed by atoms with van der Waals surface area (Å²) in [4.78, 5) is 14.3. The molecule has 1 atom stereocenters. The van der Waals surface area contributed by atoms with Crippen molar-refractivity contribution in [2.75, 3.05) is 5.73 Å². The van der Waals surface area contributed by atoms with E-state index in [1.807, 2.05) is 17.0 Å². The van der Waals surface area contributed by atoms with Gasteiger partial charge in [0.05, 0.1) is 6.04 Å². The molecule has 3 rings (SSSR count). The van der Waals surface area contributed by atoms with Crippen molar-refractivity contribution in [2.45, 2.75) is 25.4 Å². The van der Waals surface area contributed by atoms with Gasteiger partial charge < -0.3 is 16.0 Å². The molecule has 1 aromatic carbocycles. The van der Waals surface area contributed by atoms with E-state index in [9.17, 15) is 4.79 Å². The second kappa shape index (κ2) is 4.16. The van der Waals surface area contributed by atoms with Crippen molar-refractivity contribution in [1.29, 1.82) is 0 Å². The zero-order chi connectivity index (χ0) is 13.6. The Labute approximate surface area is 112 Å². The first-order chi connectivity index (χ1) is 9.06. The Morgan fingerprint density at radius 1 is 1.37 bits per heavy atom. The van der Waals surface area contributed by atoms with Gasteiger partial charge in [-0.05, 0) is 36.6 Å². The molecule has 2 aliphatic heterocycles. The molecule has 2 heterocycles. The topological polar surface area (TPSA) is 58.4 Å². The van der Waals surface area contributed by atoms with Crippen LogP contribution in [-0.4, -0.2) is 16.8 Å². The number of nitrogens with zero attached hydrogens (tertiary/aromatic N) is 1. The van der Waals surface area contributed by atoms with Crippen LogP contribution < -0.4 is 11.1 Å². The number of fused-ring (bicyclic) bond motifs is 1. The Balaban J connectivity index is 1.87. The molecule has 4 heteroatoms. The van der Waals surface area contributed by atoms with Gasteiger partial charge in [0.1, 0.15) is 0 Å². The van der Waals surface area contributed by atoms with E-state index in [1.165, 1.54) is 0 Å². The molecular formula is C15H17N3O. The second-order valence-corrected chi connectivity index (χ2v) is 5.16. The average molecular weight is 255 g/mol. The maximum Gasteiger partial charge on any atom is 0.255 e. The summed E-state index contributed by atoms with van der Waals surface area (Å²) in [5.74, 6) is 0.0652. The molecule has 1 aromatic rings. The van der Waals surface area contributed by atoms with Crippen LogP contribution in [0.5, 0.6) is 0 Å². The SMILES string of the molecule is C=C1CCC(N2Cc3cc(N)ccc3C2=O)C(=C)N1. The van der Waals surface area contributed by atoms with Crippen molar-refractivity contribution in [1.82, 2.24) is 10.2 Å². The van der Waals surface area contributed by atoms with Gasteiger partial charge in [-0.1, -0.05) is 13.2 Å². The molecule has 4 nitrogen and oxygen atoms in total. The van der Waals surface area contributed by atoms with Crippen molar-refractivity contribution in [3.63, 3.8) is 0 Å². The van der Waals surface area contributed by atoms with E-state index in [0.29, 0.717) is 12.2 Å². The number of benzene rings is 1. The first kappa shape index (κ1) is 11.8. The molecule has 1 fully saturated rings. The van der Waals surface area contributed by atoms with Crippen molar-refractivity contribution >= 4 is 11.6 Å². The van der Waals surface area contributed by atoms with Gasteiger partial charge in [0.2, 0.25) is 0 Å². The van der Waals surface area contributed by atoms with Gasteiger partial charge in [0, 0.05) is 29.2 Å². The zero-order valence-electron chi connectivity index (χ0n) is 10.8. The molecule has 0 aromatic heterocycles. The maximum atomic E-state index is 12.4. The Kier molecular flexibility index (Phi) is 2.59. The van der Waals surface area contributed by atoms with Crippen LogP contribution in [0.1, 0.15) is 28.8 Å². The summed E-state index contributed by atoms with van der Waals surface area (Å²) >= 11 is 0. The molecule has 0 radical (unpaired) electrons. The fourth-order valence-corrected chi connectivity index (χ4v) is 2.82. The van der Waals surface area contributed by atoms with Gasteiger partial charge in [0.15, 0.2) is 0 Å². The lowest BCUT2D eigenvalue weighted by Crippen LogP contribution is -2.43. The molecule has 2 aliphatic rings. The molecule has 0 saturated carbocycles. The maximum absolute atomic E-state index is 12.4. The lowest BCUT2D eigenvalue weighted by Gasteiger charge is -2.34. The van der Waals surface area contributed by atoms with Crippen molar-refractivity contribution in [3.05, 3.63) is 53.9 Å². The number of anilines is 1. The number of hydrogen-bond donors (Lipinski definition) is 2. The molecule has 98 valence electrons. The quantitative estimate of drug-likeness (QED) is 0.755. The first-order valence-corrected chi connectivity index (χ1v) is 6.39. The highest BCUT2D eigenvalue weighted by Crippen LogP contribution is 2.31. The third kappa shape index (κ3) is 1.89. The molecule has 0 aliphatic carbocycles. The monoisotopic (exact) mass is 255 g/mol. The number of carbonyl (C=O) groups excluding carboxylic acids is 1. The predicted molar refractivity (Wildman–Crippen MR) is 75.2 cm³/mol. The standard InChI is InChI=1S/C15H17N3O/c1-9-3-6-14(10(2)17-9)18-8-11-7-12(16)4-5-13(11)15(18)19/h4-5,7,14,17H,1-3,6,8,16H2. The molecule has 0 bridgehead atoms. The Morgan fingerprint density at radius 3 is 2.89 bits per heavy atom. The summed E-state index contributed by atoms with van der Waals surface area (Å²) in [6.07, 6.45) is 1.74. The minimum absolute atomic E-state index is 0.0339. The number of nitrogen functional groups attached to an aromatic ring is 1. The highest BCUT2D eigenvalue weighted by Gasteiger charge is 2.35. The number of nitrogens with two attached hydrogens (primary N) is 1. The van der Waals surface area contributed by atoms with Crippen molar-refractivity contribution in [3.8, 4) is 0 Å². The predicted octanol–water partition coefficient (Wildman–Crippen LogP) is 2.00. The number of allylic oxidation sites excluding steroid dienone is 1. The fraction of sp³-hybridized carbons (Fsp3) is 0.267. The van der Waals surface area contributed by atoms with E-state index in [2.05, 4.69) is 18.5 Å². The van der Waals surface area contributed by atoms with Crippen LogP contribution in [0.25, 0.3) is 0 Å². The molecule has 3 N–H and O–H groups in total. The summed E-state index contributed by atoms with van der Waals surface area (Å²) in [6, 6.07) is 5.50. The van der Waals surface area contributed by atoms with Crippen LogP contribution >= 0.6 is 0 Å². The molecule has 19 heavy (non-hydrogen) atoms. The minimum atomic E-state index is 0.0339. The largest absolute Gasteiger partial charge is 0.399 e. The van der Waals surface area contributed by atoms with E-state index < -0.39 is 0 Å². The summed E-state index contributed by atoms with van der Waals surface area (Å²) in [7, 11) is 0. The second-order valence-electron chi connectivity index (χ2n) is 5.16. The van der Waals surface area contributed by atoms with Crippen LogP contribution in [-0.2, 0) is 6.54 Å². The third-order valence-corrected chi connectivity index (χ3v) is 3.80.